The molecule has 1 heterocycles. The van der Waals surface area contributed by atoms with Gasteiger partial charge in [-0.1, -0.05) is 18.5 Å². The Morgan fingerprint density at radius 3 is 2.89 bits per heavy atom. The lowest BCUT2D eigenvalue weighted by molar-refractivity contribution is -0.134. The number of ether oxygens (including phenoxy) is 1. The zero-order valence-electron chi connectivity index (χ0n) is 10.3. The summed E-state index contributed by atoms with van der Waals surface area (Å²) >= 11 is 11.2. The van der Waals surface area contributed by atoms with Gasteiger partial charge in [-0.25, -0.2) is 4.79 Å². The smallest absolute Gasteiger partial charge is 0.333 e. The van der Waals surface area contributed by atoms with E-state index in [1.807, 2.05) is 25.1 Å². The number of hydrogen-bond acceptors (Lipinski definition) is 3. The number of nitrogens with one attached hydrogen (secondary N) is 2. The van der Waals surface area contributed by atoms with Crippen molar-refractivity contribution in [2.75, 3.05) is 11.9 Å². The minimum atomic E-state index is -0.356. The van der Waals surface area contributed by atoms with Crippen LogP contribution in [0.2, 0.25) is 5.02 Å². The normalized spacial score (nSPS) is 13.8. The van der Waals surface area contributed by atoms with Gasteiger partial charge in [0.25, 0.3) is 0 Å². The van der Waals surface area contributed by atoms with Crippen molar-refractivity contribution in [3.05, 3.63) is 40.6 Å². The molecule has 100 valence electrons. The standard InChI is InChI=1S/C13H13ClN2O2S/c1-2-8-5-9(3-4-11(8)14)15-13(19)16-10-6-12(17)18-7-10/h3-6H,2,7H2,1H3,(H2,15,16,19). The maximum Gasteiger partial charge on any atom is 0.333 e. The minimum absolute atomic E-state index is 0.224. The van der Waals surface area contributed by atoms with Crippen LogP contribution in [0.4, 0.5) is 5.69 Å². The number of carbonyl (C=O) groups excluding carboxylic acids is 1. The second kappa shape index (κ2) is 6.04. The summed E-state index contributed by atoms with van der Waals surface area (Å²) in [7, 11) is 0. The number of thiocarbonyl (C=S) groups is 1. The monoisotopic (exact) mass is 296 g/mol. The maximum atomic E-state index is 10.9. The maximum absolute atomic E-state index is 10.9. The van der Waals surface area contributed by atoms with E-state index in [0.717, 1.165) is 22.7 Å². The Morgan fingerprint density at radius 1 is 1.47 bits per heavy atom. The number of halogens is 1. The Bertz CT molecular complexity index is 558. The van der Waals surface area contributed by atoms with Gasteiger partial charge in [0.05, 0.1) is 5.70 Å². The van der Waals surface area contributed by atoms with Gasteiger partial charge in [-0.3, -0.25) is 0 Å². The lowest BCUT2D eigenvalue weighted by Crippen LogP contribution is -2.28. The first kappa shape index (κ1) is 13.8. The Kier molecular flexibility index (Phi) is 4.39. The van der Waals surface area contributed by atoms with Crippen LogP contribution >= 0.6 is 23.8 Å². The summed E-state index contributed by atoms with van der Waals surface area (Å²) < 4.78 is 4.77. The molecule has 0 saturated heterocycles. The zero-order valence-corrected chi connectivity index (χ0v) is 11.9. The van der Waals surface area contributed by atoms with Gasteiger partial charge in [-0.15, -0.1) is 0 Å². The third kappa shape index (κ3) is 3.68. The van der Waals surface area contributed by atoms with Crippen LogP contribution in [0.1, 0.15) is 12.5 Å². The number of anilines is 1. The van der Waals surface area contributed by atoms with E-state index in [1.54, 1.807) is 0 Å². The summed E-state index contributed by atoms with van der Waals surface area (Å²) in [4.78, 5) is 10.9. The highest BCUT2D eigenvalue weighted by atomic mass is 35.5. The lowest BCUT2D eigenvalue weighted by Gasteiger charge is -2.11. The Morgan fingerprint density at radius 2 is 2.26 bits per heavy atom. The van der Waals surface area contributed by atoms with Gasteiger partial charge < -0.3 is 15.4 Å². The van der Waals surface area contributed by atoms with Crippen molar-refractivity contribution in [1.29, 1.82) is 0 Å². The largest absolute Gasteiger partial charge is 0.456 e. The van der Waals surface area contributed by atoms with Gasteiger partial charge in [0, 0.05) is 16.8 Å². The van der Waals surface area contributed by atoms with E-state index in [1.165, 1.54) is 6.08 Å². The first-order valence-electron chi connectivity index (χ1n) is 5.82. The molecule has 0 radical (unpaired) electrons. The van der Waals surface area contributed by atoms with Crippen molar-refractivity contribution in [1.82, 2.24) is 5.32 Å². The molecule has 4 nitrogen and oxygen atoms in total. The highest BCUT2D eigenvalue weighted by Crippen LogP contribution is 2.21. The van der Waals surface area contributed by atoms with Crippen LogP contribution in [-0.2, 0) is 16.0 Å². The molecule has 1 aliphatic heterocycles. The van der Waals surface area contributed by atoms with E-state index in [4.69, 9.17) is 28.6 Å². The van der Waals surface area contributed by atoms with E-state index in [9.17, 15) is 4.79 Å². The third-order valence-corrected chi connectivity index (χ3v) is 3.19. The molecule has 2 N–H and O–H groups in total. The zero-order chi connectivity index (χ0) is 13.8. The topological polar surface area (TPSA) is 50.4 Å². The molecule has 0 fully saturated rings. The third-order valence-electron chi connectivity index (χ3n) is 2.62. The van der Waals surface area contributed by atoms with Crippen molar-refractivity contribution in [3.63, 3.8) is 0 Å². The first-order valence-corrected chi connectivity index (χ1v) is 6.61. The number of aryl methyl sites for hydroxylation is 1. The highest BCUT2D eigenvalue weighted by Gasteiger charge is 2.13. The summed E-state index contributed by atoms with van der Waals surface area (Å²) in [6, 6.07) is 5.62. The number of hydrogen-bond donors (Lipinski definition) is 2. The van der Waals surface area contributed by atoms with Gasteiger partial charge in [0.15, 0.2) is 5.11 Å². The summed E-state index contributed by atoms with van der Waals surface area (Å²) in [5, 5.41) is 7.10. The highest BCUT2D eigenvalue weighted by molar-refractivity contribution is 7.80. The molecule has 0 amide bonds. The molecular weight excluding hydrogens is 284 g/mol. The molecule has 19 heavy (non-hydrogen) atoms. The van der Waals surface area contributed by atoms with Crippen LogP contribution in [0.5, 0.6) is 0 Å². The molecule has 1 aromatic rings. The Hall–Kier alpha value is -1.59. The van der Waals surface area contributed by atoms with Crippen LogP contribution < -0.4 is 10.6 Å². The molecule has 0 unspecified atom stereocenters. The molecule has 1 aromatic carbocycles. The van der Waals surface area contributed by atoms with Gasteiger partial charge in [0.2, 0.25) is 0 Å². The second-order valence-electron chi connectivity index (χ2n) is 4.02. The average Bonchev–Trinajstić information content (AvgIpc) is 2.77. The molecule has 0 aromatic heterocycles. The van der Waals surface area contributed by atoms with Crippen LogP contribution in [0.15, 0.2) is 30.0 Å². The van der Waals surface area contributed by atoms with Crippen molar-refractivity contribution >= 4 is 40.6 Å². The quantitative estimate of drug-likeness (QED) is 0.663. The molecule has 0 aliphatic carbocycles. The van der Waals surface area contributed by atoms with Gasteiger partial charge in [-0.05, 0) is 42.4 Å². The molecule has 2 rings (SSSR count). The molecule has 1 aliphatic rings. The number of benzene rings is 1. The summed E-state index contributed by atoms with van der Waals surface area (Å²) in [5.74, 6) is -0.356. The molecule has 0 bridgehead atoms. The summed E-state index contributed by atoms with van der Waals surface area (Å²) in [5.41, 5.74) is 2.55. The van der Waals surface area contributed by atoms with Crippen molar-refractivity contribution in [2.24, 2.45) is 0 Å². The van der Waals surface area contributed by atoms with Crippen molar-refractivity contribution < 1.29 is 9.53 Å². The summed E-state index contributed by atoms with van der Waals surface area (Å²) in [6.07, 6.45) is 2.23. The first-order chi connectivity index (χ1) is 9.08. The molecule has 0 atom stereocenters. The number of carbonyl (C=O) groups is 1. The number of cyclic esters (lactones) is 1. The predicted molar refractivity (Wildman–Crippen MR) is 79.2 cm³/mol. The number of esters is 1. The van der Waals surface area contributed by atoms with Crippen LogP contribution in [0.3, 0.4) is 0 Å². The van der Waals surface area contributed by atoms with Gasteiger partial charge in [0.1, 0.15) is 6.61 Å². The lowest BCUT2D eigenvalue weighted by atomic mass is 10.1. The predicted octanol–water partition coefficient (Wildman–Crippen LogP) is 2.63. The van der Waals surface area contributed by atoms with E-state index in [-0.39, 0.29) is 12.6 Å². The Labute approximate surface area is 121 Å². The molecule has 0 saturated carbocycles. The van der Waals surface area contributed by atoms with Crippen LogP contribution in [0.25, 0.3) is 0 Å². The minimum Gasteiger partial charge on any atom is -0.456 e. The fourth-order valence-electron chi connectivity index (χ4n) is 1.68. The Balaban J connectivity index is 1.99. The van der Waals surface area contributed by atoms with E-state index < -0.39 is 0 Å². The van der Waals surface area contributed by atoms with Crippen LogP contribution in [0, 0.1) is 0 Å². The van der Waals surface area contributed by atoms with Crippen LogP contribution in [-0.4, -0.2) is 17.7 Å². The van der Waals surface area contributed by atoms with Gasteiger partial charge >= 0.3 is 5.97 Å². The SMILES string of the molecule is CCc1cc(NC(=S)NC2=CC(=O)OC2)ccc1Cl. The van der Waals surface area contributed by atoms with Gasteiger partial charge in [-0.2, -0.15) is 0 Å². The molecule has 0 spiro atoms. The molecule has 6 heteroatoms. The molecular formula is C13H13ClN2O2S. The van der Waals surface area contributed by atoms with Crippen molar-refractivity contribution in [3.8, 4) is 0 Å². The van der Waals surface area contributed by atoms with E-state index in [0.29, 0.717) is 10.8 Å². The summed E-state index contributed by atoms with van der Waals surface area (Å²) in [6.45, 7) is 2.26. The van der Waals surface area contributed by atoms with E-state index >= 15 is 0 Å². The second-order valence-corrected chi connectivity index (χ2v) is 4.83. The number of rotatable bonds is 3. The van der Waals surface area contributed by atoms with E-state index in [2.05, 4.69) is 10.6 Å². The average molecular weight is 297 g/mol. The fourth-order valence-corrected chi connectivity index (χ4v) is 2.18. The fraction of sp³-hybridized carbons (Fsp3) is 0.231. The van der Waals surface area contributed by atoms with Crippen molar-refractivity contribution in [2.45, 2.75) is 13.3 Å².